The number of hydrogen-bond donors (Lipinski definition) is 5. The molecule has 0 bridgehead atoms. The van der Waals surface area contributed by atoms with Crippen molar-refractivity contribution in [2.24, 2.45) is 5.92 Å². The topological polar surface area (TPSA) is 180 Å². The lowest BCUT2D eigenvalue weighted by molar-refractivity contribution is -0.173. The molecule has 182 valence electrons. The molecule has 0 rings (SSSR count). The van der Waals surface area contributed by atoms with Crippen LogP contribution >= 0.6 is 0 Å². The number of amides is 4. The average molecular weight is 470 g/mol. The first-order chi connectivity index (χ1) is 14.6. The molecular weight excluding hydrogens is 445 g/mol. The molecule has 5 N–H and O–H groups in total. The van der Waals surface area contributed by atoms with Gasteiger partial charge in [-0.25, -0.2) is 4.79 Å². The Kier molecular flexibility index (Phi) is 11.1. The third kappa shape index (κ3) is 10.1. The fourth-order valence-electron chi connectivity index (χ4n) is 2.20. The molecule has 0 spiro atoms. The number of esters is 1. The first-order valence-corrected chi connectivity index (χ1v) is 9.14. The second-order valence-corrected chi connectivity index (χ2v) is 6.88. The van der Waals surface area contributed by atoms with E-state index in [1.807, 2.05) is 0 Å². The molecule has 0 aromatic heterocycles. The number of rotatable bonds is 11. The van der Waals surface area contributed by atoms with Crippen LogP contribution in [0.2, 0.25) is 0 Å². The van der Waals surface area contributed by atoms with Crippen LogP contribution in [0.4, 0.5) is 13.2 Å². The van der Waals surface area contributed by atoms with Crippen LogP contribution in [0.1, 0.15) is 27.2 Å². The lowest BCUT2D eigenvalue weighted by Gasteiger charge is -2.24. The number of carboxylic acids is 1. The van der Waals surface area contributed by atoms with Crippen molar-refractivity contribution in [3.05, 3.63) is 0 Å². The van der Waals surface area contributed by atoms with Crippen molar-refractivity contribution in [3.8, 4) is 0 Å². The smallest absolute Gasteiger partial charge is 0.471 e. The molecule has 0 aromatic rings. The van der Waals surface area contributed by atoms with Gasteiger partial charge in [-0.05, 0) is 12.8 Å². The van der Waals surface area contributed by atoms with Crippen molar-refractivity contribution in [3.63, 3.8) is 0 Å². The van der Waals surface area contributed by atoms with E-state index in [1.54, 1.807) is 0 Å². The maximum Gasteiger partial charge on any atom is 0.471 e. The van der Waals surface area contributed by atoms with Crippen LogP contribution < -0.4 is 21.3 Å². The molecule has 15 heteroatoms. The lowest BCUT2D eigenvalue weighted by Crippen LogP contribution is -2.57. The number of halogens is 3. The minimum absolute atomic E-state index is 0.567. The maximum atomic E-state index is 12.4. The van der Waals surface area contributed by atoms with Gasteiger partial charge in [0.1, 0.15) is 18.1 Å². The van der Waals surface area contributed by atoms with Gasteiger partial charge in [-0.3, -0.25) is 24.0 Å². The number of aliphatic carboxylic acids is 1. The molecule has 0 saturated carbocycles. The predicted molar refractivity (Wildman–Crippen MR) is 99.6 cm³/mol. The van der Waals surface area contributed by atoms with Crippen LogP contribution in [0.15, 0.2) is 0 Å². The quantitative estimate of drug-likeness (QED) is 0.225. The van der Waals surface area contributed by atoms with Gasteiger partial charge in [-0.2, -0.15) is 13.2 Å². The molecule has 12 nitrogen and oxygen atoms in total. The molecule has 0 radical (unpaired) electrons. The van der Waals surface area contributed by atoms with Crippen LogP contribution in [0.25, 0.3) is 0 Å². The van der Waals surface area contributed by atoms with Gasteiger partial charge in [0.25, 0.3) is 0 Å². The summed E-state index contributed by atoms with van der Waals surface area (Å²) < 4.78 is 40.9. The Morgan fingerprint density at radius 1 is 0.938 bits per heavy atom. The third-order valence-electron chi connectivity index (χ3n) is 3.87. The van der Waals surface area contributed by atoms with Gasteiger partial charge >= 0.3 is 24.0 Å². The molecule has 0 fully saturated rings. The van der Waals surface area contributed by atoms with Crippen molar-refractivity contribution in [1.82, 2.24) is 21.3 Å². The molecule has 0 aromatic carbocycles. The van der Waals surface area contributed by atoms with E-state index >= 15 is 0 Å². The fraction of sp³-hybridized carbons (Fsp3) is 0.647. The highest BCUT2D eigenvalue weighted by Crippen LogP contribution is 2.13. The summed E-state index contributed by atoms with van der Waals surface area (Å²) in [5.41, 5.74) is 0. The third-order valence-corrected chi connectivity index (χ3v) is 3.87. The summed E-state index contributed by atoms with van der Waals surface area (Å²) in [4.78, 5) is 69.6. The summed E-state index contributed by atoms with van der Waals surface area (Å²) in [6.07, 6.45) is -5.95. The van der Waals surface area contributed by atoms with Crippen LogP contribution in [0.5, 0.6) is 0 Å². The molecule has 0 aliphatic carbocycles. The molecule has 0 aliphatic rings. The van der Waals surface area contributed by atoms with E-state index in [9.17, 15) is 41.9 Å². The molecule has 3 atom stereocenters. The summed E-state index contributed by atoms with van der Waals surface area (Å²) in [6.45, 7) is 3.18. The Morgan fingerprint density at radius 2 is 1.50 bits per heavy atom. The minimum Gasteiger partial charge on any atom is -0.481 e. The maximum absolute atomic E-state index is 12.4. The van der Waals surface area contributed by atoms with Crippen molar-refractivity contribution in [2.75, 3.05) is 13.7 Å². The van der Waals surface area contributed by atoms with E-state index in [-0.39, 0.29) is 0 Å². The molecule has 0 unspecified atom stereocenters. The van der Waals surface area contributed by atoms with Crippen LogP contribution in [0.3, 0.4) is 0 Å². The van der Waals surface area contributed by atoms with Crippen LogP contribution in [-0.2, 0) is 33.5 Å². The number of carboxylic acid groups (broad SMARTS) is 1. The predicted octanol–water partition coefficient (Wildman–Crippen LogP) is -1.56. The van der Waals surface area contributed by atoms with E-state index in [1.165, 1.54) is 26.1 Å². The molecule has 4 amide bonds. The van der Waals surface area contributed by atoms with Gasteiger partial charge in [0.05, 0.1) is 20.1 Å². The monoisotopic (exact) mass is 470 g/mol. The zero-order chi connectivity index (χ0) is 25.2. The Labute approximate surface area is 180 Å². The van der Waals surface area contributed by atoms with E-state index in [2.05, 4.69) is 20.7 Å². The van der Waals surface area contributed by atoms with E-state index in [0.717, 1.165) is 7.11 Å². The zero-order valence-electron chi connectivity index (χ0n) is 17.7. The van der Waals surface area contributed by atoms with Gasteiger partial charge in [0, 0.05) is 0 Å². The van der Waals surface area contributed by atoms with E-state index in [0.29, 0.717) is 0 Å². The number of nitrogens with one attached hydrogen (secondary N) is 4. The van der Waals surface area contributed by atoms with E-state index < -0.39 is 78.8 Å². The Bertz CT molecular complexity index is 742. The summed E-state index contributed by atoms with van der Waals surface area (Å²) in [5.74, 6) is -8.20. The fourth-order valence-corrected chi connectivity index (χ4v) is 2.20. The number of hydrogen-bond acceptors (Lipinski definition) is 7. The summed E-state index contributed by atoms with van der Waals surface area (Å²) >= 11 is 0. The standard InChI is InChI=1S/C17H25F3N4O8/c1-7(2)12(24-10(25)6-21-16(31)17(18,19)20)14(29)22-8(3)13(28)23-9(5-11(26)27)15(30)32-4/h7-9,12H,5-6H2,1-4H3,(H,21,31)(H,22,29)(H,23,28)(H,24,25)(H,26,27)/t8-,9-,12-/m0/s1. The van der Waals surface area contributed by atoms with Crippen molar-refractivity contribution in [1.29, 1.82) is 0 Å². The Balaban J connectivity index is 5.00. The minimum atomic E-state index is -5.18. The molecule has 0 saturated heterocycles. The summed E-state index contributed by atoms with van der Waals surface area (Å²) in [7, 11) is 0.988. The second kappa shape index (κ2) is 12.5. The van der Waals surface area contributed by atoms with Gasteiger partial charge in [-0.1, -0.05) is 13.8 Å². The average Bonchev–Trinajstić information content (AvgIpc) is 2.67. The number of carbonyl (C=O) groups is 6. The lowest BCUT2D eigenvalue weighted by atomic mass is 10.0. The molecule has 32 heavy (non-hydrogen) atoms. The number of methoxy groups -OCH3 is 1. The summed E-state index contributed by atoms with van der Waals surface area (Å²) in [5, 5.41) is 16.7. The second-order valence-electron chi connectivity index (χ2n) is 6.88. The highest BCUT2D eigenvalue weighted by atomic mass is 19.4. The summed E-state index contributed by atoms with van der Waals surface area (Å²) in [6, 6.07) is -4.08. The van der Waals surface area contributed by atoms with Gasteiger partial charge < -0.3 is 31.1 Å². The number of carbonyl (C=O) groups excluding carboxylic acids is 5. The Morgan fingerprint density at radius 3 is 1.94 bits per heavy atom. The van der Waals surface area contributed by atoms with Gasteiger partial charge in [0.15, 0.2) is 0 Å². The van der Waals surface area contributed by atoms with Crippen molar-refractivity contribution < 1.29 is 51.8 Å². The highest BCUT2D eigenvalue weighted by molar-refractivity contribution is 5.95. The normalized spacial score (nSPS) is 13.9. The first kappa shape index (κ1) is 28.6. The van der Waals surface area contributed by atoms with Crippen molar-refractivity contribution >= 4 is 35.6 Å². The number of alkyl halides is 3. The van der Waals surface area contributed by atoms with E-state index in [4.69, 9.17) is 5.11 Å². The number of ether oxygens (including phenoxy) is 1. The largest absolute Gasteiger partial charge is 0.481 e. The van der Waals surface area contributed by atoms with Crippen molar-refractivity contribution in [2.45, 2.75) is 51.5 Å². The first-order valence-electron chi connectivity index (χ1n) is 9.14. The highest BCUT2D eigenvalue weighted by Gasteiger charge is 2.39. The van der Waals surface area contributed by atoms with Gasteiger partial charge in [-0.15, -0.1) is 0 Å². The SMILES string of the molecule is COC(=O)[C@H](CC(=O)O)NC(=O)[C@H](C)NC(=O)[C@@H](NC(=O)CNC(=O)C(F)(F)F)C(C)C. The van der Waals surface area contributed by atoms with Gasteiger partial charge in [0.2, 0.25) is 17.7 Å². The molecule has 0 heterocycles. The molecular formula is C17H25F3N4O8. The Hall–Kier alpha value is -3.39. The van der Waals surface area contributed by atoms with Crippen LogP contribution in [-0.4, -0.2) is 78.6 Å². The van der Waals surface area contributed by atoms with Crippen LogP contribution in [0, 0.1) is 5.92 Å². The zero-order valence-corrected chi connectivity index (χ0v) is 17.7. The molecule has 0 aliphatic heterocycles.